The zero-order valence-electron chi connectivity index (χ0n) is 15.5. The van der Waals surface area contributed by atoms with Crippen molar-refractivity contribution < 1.29 is 4.52 Å². The van der Waals surface area contributed by atoms with Gasteiger partial charge in [-0.05, 0) is 11.5 Å². The molecule has 2 N–H and O–H groups in total. The molecule has 0 saturated heterocycles. The first kappa shape index (κ1) is 18.7. The summed E-state index contributed by atoms with van der Waals surface area (Å²) in [5.41, 5.74) is 1.55. The van der Waals surface area contributed by atoms with Gasteiger partial charge in [-0.3, -0.25) is 4.79 Å². The maximum absolute atomic E-state index is 12.9. The van der Waals surface area contributed by atoms with Crippen LogP contribution >= 0.6 is 23.1 Å². The van der Waals surface area contributed by atoms with Crippen LogP contribution < -0.4 is 11.4 Å². The highest BCUT2D eigenvalue weighted by atomic mass is 32.2. The number of rotatable bonds is 6. The van der Waals surface area contributed by atoms with Crippen molar-refractivity contribution in [2.75, 3.05) is 5.84 Å². The largest absolute Gasteiger partial charge is 0.338 e. The highest BCUT2D eigenvalue weighted by molar-refractivity contribution is 7.98. The van der Waals surface area contributed by atoms with E-state index in [1.807, 2.05) is 35.7 Å². The van der Waals surface area contributed by atoms with E-state index in [0.717, 1.165) is 22.2 Å². The van der Waals surface area contributed by atoms with Crippen LogP contribution in [-0.4, -0.2) is 19.8 Å². The summed E-state index contributed by atoms with van der Waals surface area (Å²) in [5, 5.41) is 6.88. The Labute approximate surface area is 169 Å². The molecule has 0 aliphatic carbocycles. The molecule has 144 valence electrons. The predicted octanol–water partition coefficient (Wildman–Crippen LogP) is 3.71. The van der Waals surface area contributed by atoms with Crippen LogP contribution in [0.2, 0.25) is 0 Å². The summed E-state index contributed by atoms with van der Waals surface area (Å²) >= 11 is 2.74. The molecule has 4 rings (SSSR count). The third-order valence-electron chi connectivity index (χ3n) is 4.12. The van der Waals surface area contributed by atoms with Crippen molar-refractivity contribution in [3.63, 3.8) is 0 Å². The topological polar surface area (TPSA) is 99.8 Å². The van der Waals surface area contributed by atoms with Gasteiger partial charge in [-0.2, -0.15) is 4.98 Å². The van der Waals surface area contributed by atoms with Crippen molar-refractivity contribution in [1.29, 1.82) is 0 Å². The molecule has 0 bridgehead atoms. The molecule has 0 atom stereocenters. The number of benzene rings is 1. The molecule has 28 heavy (non-hydrogen) atoms. The second-order valence-corrected chi connectivity index (χ2v) is 8.56. The zero-order chi connectivity index (χ0) is 19.7. The van der Waals surface area contributed by atoms with Gasteiger partial charge >= 0.3 is 0 Å². The fourth-order valence-corrected chi connectivity index (χ4v) is 4.58. The predicted molar refractivity (Wildman–Crippen MR) is 112 cm³/mol. The Morgan fingerprint density at radius 2 is 2.04 bits per heavy atom. The summed E-state index contributed by atoms with van der Waals surface area (Å²) in [7, 11) is 0. The molecule has 7 nitrogen and oxygen atoms in total. The summed E-state index contributed by atoms with van der Waals surface area (Å²) in [6, 6.07) is 9.75. The van der Waals surface area contributed by atoms with Gasteiger partial charge in [0.1, 0.15) is 4.83 Å². The Bertz CT molecular complexity index is 1160. The number of nitrogen functional groups attached to an aromatic ring is 1. The quantitative estimate of drug-likeness (QED) is 0.292. The lowest BCUT2D eigenvalue weighted by Crippen LogP contribution is -2.29. The van der Waals surface area contributed by atoms with Crippen molar-refractivity contribution in [3.05, 3.63) is 57.8 Å². The number of thioether (sulfide) groups is 1. The van der Waals surface area contributed by atoms with Gasteiger partial charge in [-0.1, -0.05) is 61.1 Å². The number of fused-ring (bicyclic) bond motifs is 1. The summed E-state index contributed by atoms with van der Waals surface area (Å²) < 4.78 is 6.37. The third kappa shape index (κ3) is 3.67. The average molecular weight is 414 g/mol. The molecule has 0 saturated carbocycles. The van der Waals surface area contributed by atoms with Crippen LogP contribution in [0.4, 0.5) is 0 Å². The summed E-state index contributed by atoms with van der Waals surface area (Å²) in [6.45, 7) is 4.20. The Balaban J connectivity index is 1.61. The molecule has 0 unspecified atom stereocenters. The molecule has 0 aliphatic heterocycles. The first-order chi connectivity index (χ1) is 13.5. The number of aromatic nitrogens is 4. The van der Waals surface area contributed by atoms with Crippen molar-refractivity contribution in [2.24, 2.45) is 5.92 Å². The molecule has 0 radical (unpaired) electrons. The van der Waals surface area contributed by atoms with E-state index < -0.39 is 0 Å². The van der Waals surface area contributed by atoms with E-state index in [9.17, 15) is 4.79 Å². The third-order valence-corrected chi connectivity index (χ3v) is 5.93. The lowest BCUT2D eigenvalue weighted by Gasteiger charge is -2.06. The van der Waals surface area contributed by atoms with E-state index in [2.05, 4.69) is 29.0 Å². The molecule has 3 heterocycles. The van der Waals surface area contributed by atoms with Crippen LogP contribution in [0.15, 0.2) is 50.2 Å². The maximum atomic E-state index is 12.9. The molecule has 0 amide bonds. The number of hydrogen-bond donors (Lipinski definition) is 1. The number of nitrogens with two attached hydrogens (primary N) is 1. The minimum Gasteiger partial charge on any atom is -0.338 e. The van der Waals surface area contributed by atoms with E-state index in [1.165, 1.54) is 23.1 Å². The molecular weight excluding hydrogens is 394 g/mol. The van der Waals surface area contributed by atoms with E-state index >= 15 is 0 Å². The SMILES string of the molecule is CC(C)Cc1noc(CSc2nc3scc(-c4ccccc4)c3c(=O)n2N)n1. The monoisotopic (exact) mass is 413 g/mol. The van der Waals surface area contributed by atoms with E-state index in [-0.39, 0.29) is 5.56 Å². The summed E-state index contributed by atoms with van der Waals surface area (Å²) in [4.78, 5) is 22.5. The molecular formula is C19H19N5O2S2. The van der Waals surface area contributed by atoms with Crippen molar-refractivity contribution >= 4 is 33.3 Å². The number of hydrogen-bond acceptors (Lipinski definition) is 8. The molecule has 1 aromatic carbocycles. The van der Waals surface area contributed by atoms with Gasteiger partial charge in [0.15, 0.2) is 11.0 Å². The van der Waals surface area contributed by atoms with Crippen LogP contribution in [0, 0.1) is 5.92 Å². The van der Waals surface area contributed by atoms with Gasteiger partial charge in [0.2, 0.25) is 5.89 Å². The van der Waals surface area contributed by atoms with E-state index in [1.54, 1.807) is 0 Å². The van der Waals surface area contributed by atoms with Gasteiger partial charge in [-0.25, -0.2) is 9.66 Å². The van der Waals surface area contributed by atoms with Gasteiger partial charge < -0.3 is 10.4 Å². The fourth-order valence-electron chi connectivity index (χ4n) is 2.84. The van der Waals surface area contributed by atoms with Gasteiger partial charge in [0.25, 0.3) is 5.56 Å². The Morgan fingerprint density at radius 3 is 2.79 bits per heavy atom. The van der Waals surface area contributed by atoms with Gasteiger partial charge in [0, 0.05) is 17.4 Å². The standard InChI is InChI=1S/C19H19N5O2S2/c1-11(2)8-14-21-15(26-23-14)10-28-19-22-17-16(18(25)24(19)20)13(9-27-17)12-6-4-3-5-7-12/h3-7,9,11H,8,10,20H2,1-2H3. The highest BCUT2D eigenvalue weighted by Crippen LogP contribution is 2.32. The lowest BCUT2D eigenvalue weighted by molar-refractivity contribution is 0.382. The first-order valence-corrected chi connectivity index (χ1v) is 10.7. The molecule has 4 aromatic rings. The lowest BCUT2D eigenvalue weighted by atomic mass is 10.1. The van der Waals surface area contributed by atoms with Crippen LogP contribution in [-0.2, 0) is 12.2 Å². The number of thiophene rings is 1. The van der Waals surface area contributed by atoms with Crippen LogP contribution in [0.3, 0.4) is 0 Å². The van der Waals surface area contributed by atoms with E-state index in [4.69, 9.17) is 10.4 Å². The normalized spacial score (nSPS) is 11.5. The first-order valence-electron chi connectivity index (χ1n) is 8.82. The smallest absolute Gasteiger partial charge is 0.282 e. The second kappa shape index (κ2) is 7.76. The molecule has 9 heteroatoms. The molecule has 0 fully saturated rings. The van der Waals surface area contributed by atoms with Crippen molar-refractivity contribution in [2.45, 2.75) is 31.2 Å². The van der Waals surface area contributed by atoms with Crippen molar-refractivity contribution in [3.8, 4) is 11.1 Å². The van der Waals surface area contributed by atoms with E-state index in [0.29, 0.717) is 38.8 Å². The minimum absolute atomic E-state index is 0.265. The minimum atomic E-state index is -0.265. The van der Waals surface area contributed by atoms with Crippen molar-refractivity contribution in [1.82, 2.24) is 19.8 Å². The average Bonchev–Trinajstić information content (AvgIpc) is 3.30. The second-order valence-electron chi connectivity index (χ2n) is 6.76. The molecule has 0 spiro atoms. The Hall–Kier alpha value is -2.65. The van der Waals surface area contributed by atoms with Crippen LogP contribution in [0.5, 0.6) is 0 Å². The summed E-state index contributed by atoms with van der Waals surface area (Å²) in [5.74, 6) is 8.08. The van der Waals surface area contributed by atoms with Gasteiger partial charge in [0.05, 0.1) is 11.1 Å². The fraction of sp³-hybridized carbons (Fsp3) is 0.263. The Morgan fingerprint density at radius 1 is 1.25 bits per heavy atom. The molecule has 0 aliphatic rings. The van der Waals surface area contributed by atoms with Crippen LogP contribution in [0.25, 0.3) is 21.3 Å². The summed E-state index contributed by atoms with van der Waals surface area (Å²) in [6.07, 6.45) is 0.761. The van der Waals surface area contributed by atoms with Crippen LogP contribution in [0.1, 0.15) is 25.6 Å². The zero-order valence-corrected chi connectivity index (χ0v) is 17.1. The van der Waals surface area contributed by atoms with Gasteiger partial charge in [-0.15, -0.1) is 11.3 Å². The maximum Gasteiger partial charge on any atom is 0.282 e. The number of nitrogens with zero attached hydrogens (tertiary/aromatic N) is 4. The Kier molecular flexibility index (Phi) is 5.19. The molecule has 3 aromatic heterocycles. The highest BCUT2D eigenvalue weighted by Gasteiger charge is 2.17.